The molecule has 0 spiro atoms. The van der Waals surface area contributed by atoms with Crippen LogP contribution in [0.15, 0.2) is 29.6 Å². The van der Waals surface area contributed by atoms with Crippen molar-refractivity contribution in [1.82, 2.24) is 0 Å². The second-order valence-electron chi connectivity index (χ2n) is 4.41. The summed E-state index contributed by atoms with van der Waals surface area (Å²) in [6, 6.07) is 8.35. The Balaban J connectivity index is 1.83. The van der Waals surface area contributed by atoms with E-state index in [1.54, 1.807) is 29.6 Å². The number of ether oxygens (including phenoxy) is 1. The summed E-state index contributed by atoms with van der Waals surface area (Å²) in [5.74, 6) is -1.07. The zero-order valence-electron chi connectivity index (χ0n) is 11.6. The fourth-order valence-electron chi connectivity index (χ4n) is 1.67. The number of benzene rings is 1. The molecule has 0 unspecified atom stereocenters. The van der Waals surface area contributed by atoms with Crippen molar-refractivity contribution < 1.29 is 14.3 Å². The second-order valence-corrected chi connectivity index (χ2v) is 6.14. The number of nitriles is 1. The van der Waals surface area contributed by atoms with Crippen molar-refractivity contribution in [3.8, 4) is 6.07 Å². The number of halogens is 2. The van der Waals surface area contributed by atoms with Gasteiger partial charge in [0.15, 0.2) is 6.61 Å². The zero-order valence-corrected chi connectivity index (χ0v) is 14.0. The van der Waals surface area contributed by atoms with Gasteiger partial charge in [0.25, 0.3) is 5.91 Å². The third-order valence-corrected chi connectivity index (χ3v) is 4.30. The second kappa shape index (κ2) is 7.97. The number of carbonyl (C=O) groups is 2. The first kappa shape index (κ1) is 17.3. The molecule has 23 heavy (non-hydrogen) atoms. The molecule has 0 saturated heterocycles. The van der Waals surface area contributed by atoms with Crippen LogP contribution in [-0.2, 0) is 20.7 Å². The van der Waals surface area contributed by atoms with Crippen LogP contribution in [0.4, 0.5) is 5.00 Å². The quantitative estimate of drug-likeness (QED) is 0.816. The Morgan fingerprint density at radius 3 is 2.74 bits per heavy atom. The van der Waals surface area contributed by atoms with Crippen molar-refractivity contribution in [3.63, 3.8) is 0 Å². The van der Waals surface area contributed by atoms with Gasteiger partial charge in [-0.3, -0.25) is 9.59 Å². The Hall–Kier alpha value is -2.07. The van der Waals surface area contributed by atoms with E-state index in [0.29, 0.717) is 26.2 Å². The van der Waals surface area contributed by atoms with Gasteiger partial charge in [0.05, 0.1) is 22.0 Å². The smallest absolute Gasteiger partial charge is 0.310 e. The molecule has 0 atom stereocenters. The fraction of sp³-hybridized carbons (Fsp3) is 0.133. The predicted octanol–water partition coefficient (Wildman–Crippen LogP) is 3.65. The van der Waals surface area contributed by atoms with E-state index in [2.05, 4.69) is 5.32 Å². The summed E-state index contributed by atoms with van der Waals surface area (Å²) in [5, 5.41) is 14.2. The molecule has 0 aliphatic carbocycles. The number of thiophene rings is 1. The van der Waals surface area contributed by atoms with Gasteiger partial charge >= 0.3 is 5.97 Å². The van der Waals surface area contributed by atoms with Crippen molar-refractivity contribution in [2.45, 2.75) is 6.42 Å². The molecule has 1 N–H and O–H groups in total. The molecule has 8 heteroatoms. The molecule has 1 aromatic heterocycles. The molecule has 5 nitrogen and oxygen atoms in total. The number of rotatable bonds is 5. The number of hydrogen-bond acceptors (Lipinski definition) is 5. The fourth-order valence-corrected chi connectivity index (χ4v) is 2.74. The number of hydrogen-bond donors (Lipinski definition) is 1. The highest BCUT2D eigenvalue weighted by molar-refractivity contribution is 7.14. The largest absolute Gasteiger partial charge is 0.455 e. The van der Waals surface area contributed by atoms with E-state index in [0.717, 1.165) is 0 Å². The molecule has 0 bridgehead atoms. The topological polar surface area (TPSA) is 79.2 Å². The van der Waals surface area contributed by atoms with Crippen molar-refractivity contribution in [1.29, 1.82) is 5.26 Å². The third-order valence-electron chi connectivity index (χ3n) is 2.74. The Bertz CT molecular complexity index is 783. The Labute approximate surface area is 146 Å². The van der Waals surface area contributed by atoms with E-state index in [9.17, 15) is 9.59 Å². The molecule has 1 aromatic carbocycles. The first-order chi connectivity index (χ1) is 11.0. The van der Waals surface area contributed by atoms with Gasteiger partial charge in [-0.2, -0.15) is 5.26 Å². The van der Waals surface area contributed by atoms with Gasteiger partial charge in [-0.15, -0.1) is 11.3 Å². The summed E-state index contributed by atoms with van der Waals surface area (Å²) in [5.41, 5.74) is 1.00. The maximum absolute atomic E-state index is 11.7. The predicted molar refractivity (Wildman–Crippen MR) is 88.8 cm³/mol. The molecule has 1 heterocycles. The number of nitrogens with one attached hydrogen (secondary N) is 1. The average molecular weight is 369 g/mol. The molecule has 118 valence electrons. The number of amides is 1. The highest BCUT2D eigenvalue weighted by atomic mass is 35.5. The van der Waals surface area contributed by atoms with Crippen LogP contribution in [-0.4, -0.2) is 18.5 Å². The van der Waals surface area contributed by atoms with Gasteiger partial charge in [0.1, 0.15) is 11.1 Å². The summed E-state index contributed by atoms with van der Waals surface area (Å²) < 4.78 is 4.89. The standard InChI is InChI=1S/C15H10Cl2N2O3S/c16-11-2-1-9(5-12(11)17)6-14(21)22-8-13(20)19-15-10(7-18)3-4-23-15/h1-5H,6,8H2,(H,19,20). The van der Waals surface area contributed by atoms with E-state index < -0.39 is 18.5 Å². The summed E-state index contributed by atoms with van der Waals surface area (Å²) in [4.78, 5) is 23.4. The molecule has 1 amide bonds. The van der Waals surface area contributed by atoms with Crippen LogP contribution in [0.2, 0.25) is 10.0 Å². The molecule has 0 aliphatic heterocycles. The van der Waals surface area contributed by atoms with Crippen molar-refractivity contribution >= 4 is 51.4 Å². The Morgan fingerprint density at radius 1 is 1.26 bits per heavy atom. The summed E-state index contributed by atoms with van der Waals surface area (Å²) in [6.07, 6.45) is -0.0212. The van der Waals surface area contributed by atoms with Gasteiger partial charge in [0.2, 0.25) is 0 Å². The normalized spacial score (nSPS) is 9.96. The van der Waals surface area contributed by atoms with Crippen LogP contribution < -0.4 is 5.32 Å². The molecule has 0 radical (unpaired) electrons. The molecule has 2 aromatic rings. The highest BCUT2D eigenvalue weighted by Crippen LogP contribution is 2.23. The van der Waals surface area contributed by atoms with E-state index >= 15 is 0 Å². The molecule has 2 rings (SSSR count). The minimum atomic E-state index is -0.565. The number of anilines is 1. The van der Waals surface area contributed by atoms with Crippen LogP contribution in [0.3, 0.4) is 0 Å². The summed E-state index contributed by atoms with van der Waals surface area (Å²) in [7, 11) is 0. The molecular weight excluding hydrogens is 359 g/mol. The first-order valence-electron chi connectivity index (χ1n) is 6.36. The molecule has 0 saturated carbocycles. The number of nitrogens with zero attached hydrogens (tertiary/aromatic N) is 1. The van der Waals surface area contributed by atoms with Gasteiger partial charge in [-0.1, -0.05) is 29.3 Å². The summed E-state index contributed by atoms with van der Waals surface area (Å²) in [6.45, 7) is -0.428. The Kier molecular flexibility index (Phi) is 5.99. The average Bonchev–Trinajstić information content (AvgIpc) is 2.96. The van der Waals surface area contributed by atoms with Crippen LogP contribution in [0.25, 0.3) is 0 Å². The monoisotopic (exact) mass is 368 g/mol. The van der Waals surface area contributed by atoms with Crippen LogP contribution in [0.5, 0.6) is 0 Å². The lowest BCUT2D eigenvalue weighted by Gasteiger charge is -2.06. The number of esters is 1. The van der Waals surface area contributed by atoms with Crippen molar-refractivity contribution in [2.75, 3.05) is 11.9 Å². The van der Waals surface area contributed by atoms with Gasteiger partial charge in [-0.05, 0) is 29.1 Å². The van der Waals surface area contributed by atoms with Gasteiger partial charge < -0.3 is 10.1 Å². The van der Waals surface area contributed by atoms with E-state index in [-0.39, 0.29) is 6.42 Å². The minimum Gasteiger partial charge on any atom is -0.455 e. The summed E-state index contributed by atoms with van der Waals surface area (Å²) >= 11 is 12.9. The van der Waals surface area contributed by atoms with Gasteiger partial charge in [0, 0.05) is 0 Å². The molecule has 0 aliphatic rings. The zero-order chi connectivity index (χ0) is 16.8. The van der Waals surface area contributed by atoms with Crippen LogP contribution in [0, 0.1) is 11.3 Å². The van der Waals surface area contributed by atoms with E-state index in [1.807, 2.05) is 6.07 Å². The first-order valence-corrected chi connectivity index (χ1v) is 8.00. The molecular formula is C15H10Cl2N2O3S. The van der Waals surface area contributed by atoms with Crippen molar-refractivity contribution in [2.24, 2.45) is 0 Å². The lowest BCUT2D eigenvalue weighted by molar-refractivity contribution is -0.146. The van der Waals surface area contributed by atoms with Crippen LogP contribution >= 0.6 is 34.5 Å². The lowest BCUT2D eigenvalue weighted by atomic mass is 10.1. The highest BCUT2D eigenvalue weighted by Gasteiger charge is 2.12. The maximum Gasteiger partial charge on any atom is 0.310 e. The SMILES string of the molecule is N#Cc1ccsc1NC(=O)COC(=O)Cc1ccc(Cl)c(Cl)c1. The van der Waals surface area contributed by atoms with Gasteiger partial charge in [-0.25, -0.2) is 0 Å². The van der Waals surface area contributed by atoms with E-state index in [1.165, 1.54) is 11.3 Å². The maximum atomic E-state index is 11.7. The number of carbonyl (C=O) groups excluding carboxylic acids is 2. The van der Waals surface area contributed by atoms with Crippen molar-refractivity contribution in [3.05, 3.63) is 50.8 Å². The Morgan fingerprint density at radius 2 is 2.04 bits per heavy atom. The van der Waals surface area contributed by atoms with Crippen LogP contribution in [0.1, 0.15) is 11.1 Å². The minimum absolute atomic E-state index is 0.0212. The van der Waals surface area contributed by atoms with E-state index in [4.69, 9.17) is 33.2 Å². The third kappa shape index (κ3) is 4.96. The lowest BCUT2D eigenvalue weighted by Crippen LogP contribution is -2.21. The molecule has 0 fully saturated rings.